The fourth-order valence-corrected chi connectivity index (χ4v) is 3.04. The summed E-state index contributed by atoms with van der Waals surface area (Å²) in [5, 5.41) is 16.3. The molecule has 1 aliphatic rings. The molecule has 4 nitrogen and oxygen atoms in total. The van der Waals surface area contributed by atoms with Crippen molar-refractivity contribution in [1.82, 2.24) is 10.6 Å². The SMILES string of the molecule is CC(CC1CCCCCN1)NC(C(=O)O)c1ccccc1. The van der Waals surface area contributed by atoms with Crippen LogP contribution < -0.4 is 10.6 Å². The first kappa shape index (κ1) is 16.0. The summed E-state index contributed by atoms with van der Waals surface area (Å²) in [5.74, 6) is -0.818. The van der Waals surface area contributed by atoms with Gasteiger partial charge in [-0.2, -0.15) is 0 Å². The first-order valence-corrected chi connectivity index (χ1v) is 7.94. The lowest BCUT2D eigenvalue weighted by Crippen LogP contribution is -2.40. The van der Waals surface area contributed by atoms with E-state index < -0.39 is 12.0 Å². The van der Waals surface area contributed by atoms with Gasteiger partial charge in [-0.25, -0.2) is 0 Å². The van der Waals surface area contributed by atoms with Gasteiger partial charge in [0.15, 0.2) is 0 Å². The molecule has 1 fully saturated rings. The van der Waals surface area contributed by atoms with E-state index in [2.05, 4.69) is 17.6 Å². The van der Waals surface area contributed by atoms with Crippen LogP contribution in [0.3, 0.4) is 0 Å². The van der Waals surface area contributed by atoms with E-state index in [0.717, 1.165) is 18.5 Å². The third kappa shape index (κ3) is 5.14. The van der Waals surface area contributed by atoms with Gasteiger partial charge in [0.25, 0.3) is 0 Å². The highest BCUT2D eigenvalue weighted by atomic mass is 16.4. The van der Waals surface area contributed by atoms with Crippen LogP contribution in [0.2, 0.25) is 0 Å². The molecule has 1 heterocycles. The van der Waals surface area contributed by atoms with Crippen LogP contribution in [0.5, 0.6) is 0 Å². The first-order chi connectivity index (χ1) is 10.2. The zero-order chi connectivity index (χ0) is 15.1. The van der Waals surface area contributed by atoms with Gasteiger partial charge in [-0.3, -0.25) is 10.1 Å². The molecule has 0 amide bonds. The molecule has 0 aliphatic carbocycles. The third-order valence-electron chi connectivity index (χ3n) is 4.13. The summed E-state index contributed by atoms with van der Waals surface area (Å²) in [5.41, 5.74) is 0.811. The van der Waals surface area contributed by atoms with Gasteiger partial charge in [-0.05, 0) is 38.3 Å². The van der Waals surface area contributed by atoms with E-state index in [9.17, 15) is 9.90 Å². The Morgan fingerprint density at radius 1 is 1.33 bits per heavy atom. The molecule has 21 heavy (non-hydrogen) atoms. The first-order valence-electron chi connectivity index (χ1n) is 7.94. The maximum Gasteiger partial charge on any atom is 0.325 e. The summed E-state index contributed by atoms with van der Waals surface area (Å²) < 4.78 is 0. The number of nitrogens with one attached hydrogen (secondary N) is 2. The molecule has 2 rings (SSSR count). The van der Waals surface area contributed by atoms with Crippen molar-refractivity contribution in [2.45, 2.75) is 57.2 Å². The van der Waals surface area contributed by atoms with Crippen molar-refractivity contribution in [1.29, 1.82) is 0 Å². The van der Waals surface area contributed by atoms with E-state index in [1.54, 1.807) is 0 Å². The van der Waals surface area contributed by atoms with Gasteiger partial charge in [0.2, 0.25) is 0 Å². The number of rotatable bonds is 6. The number of carbonyl (C=O) groups is 1. The van der Waals surface area contributed by atoms with E-state index in [0.29, 0.717) is 6.04 Å². The Morgan fingerprint density at radius 2 is 2.10 bits per heavy atom. The Hall–Kier alpha value is -1.39. The van der Waals surface area contributed by atoms with E-state index in [1.807, 2.05) is 30.3 Å². The van der Waals surface area contributed by atoms with Crippen molar-refractivity contribution >= 4 is 5.97 Å². The highest BCUT2D eigenvalue weighted by molar-refractivity contribution is 5.75. The molecule has 116 valence electrons. The highest BCUT2D eigenvalue weighted by Crippen LogP contribution is 2.17. The summed E-state index contributed by atoms with van der Waals surface area (Å²) in [6.07, 6.45) is 5.98. The van der Waals surface area contributed by atoms with Gasteiger partial charge in [0, 0.05) is 12.1 Å². The molecule has 3 atom stereocenters. The minimum atomic E-state index is -0.818. The normalized spacial score (nSPS) is 22.2. The van der Waals surface area contributed by atoms with Crippen LogP contribution in [0, 0.1) is 0 Å². The molecular formula is C17H26N2O2. The summed E-state index contributed by atoms with van der Waals surface area (Å²) in [7, 11) is 0. The van der Waals surface area contributed by atoms with Crippen LogP contribution in [0.15, 0.2) is 30.3 Å². The van der Waals surface area contributed by atoms with Crippen LogP contribution in [0.25, 0.3) is 0 Å². The van der Waals surface area contributed by atoms with Gasteiger partial charge < -0.3 is 10.4 Å². The third-order valence-corrected chi connectivity index (χ3v) is 4.13. The Bertz CT molecular complexity index is 428. The maximum atomic E-state index is 11.5. The largest absolute Gasteiger partial charge is 0.480 e. The molecule has 3 N–H and O–H groups in total. The highest BCUT2D eigenvalue weighted by Gasteiger charge is 2.23. The zero-order valence-electron chi connectivity index (χ0n) is 12.7. The number of hydrogen-bond donors (Lipinski definition) is 3. The molecular weight excluding hydrogens is 264 g/mol. The fourth-order valence-electron chi connectivity index (χ4n) is 3.04. The zero-order valence-corrected chi connectivity index (χ0v) is 12.7. The Balaban J connectivity index is 1.92. The Morgan fingerprint density at radius 3 is 2.81 bits per heavy atom. The molecule has 1 aromatic rings. The average molecular weight is 290 g/mol. The van der Waals surface area contributed by atoms with Crippen LogP contribution in [0.1, 0.15) is 50.6 Å². The van der Waals surface area contributed by atoms with Gasteiger partial charge in [0.1, 0.15) is 6.04 Å². The summed E-state index contributed by atoms with van der Waals surface area (Å²) >= 11 is 0. The average Bonchev–Trinajstić information content (AvgIpc) is 2.74. The second kappa shape index (κ2) is 8.15. The second-order valence-electron chi connectivity index (χ2n) is 5.99. The lowest BCUT2D eigenvalue weighted by Gasteiger charge is -2.24. The van der Waals surface area contributed by atoms with Crippen LogP contribution >= 0.6 is 0 Å². The number of carboxylic acids is 1. The van der Waals surface area contributed by atoms with E-state index in [1.165, 1.54) is 25.7 Å². The maximum absolute atomic E-state index is 11.5. The van der Waals surface area contributed by atoms with Gasteiger partial charge in [0.05, 0.1) is 0 Å². The Labute approximate surface area is 126 Å². The van der Waals surface area contributed by atoms with Gasteiger partial charge in [-0.15, -0.1) is 0 Å². The molecule has 1 aromatic carbocycles. The fraction of sp³-hybridized carbons (Fsp3) is 0.588. The van der Waals surface area contributed by atoms with Crippen molar-refractivity contribution in [3.63, 3.8) is 0 Å². The molecule has 0 bridgehead atoms. The second-order valence-corrected chi connectivity index (χ2v) is 5.99. The van der Waals surface area contributed by atoms with Crippen molar-refractivity contribution in [2.24, 2.45) is 0 Å². The predicted molar refractivity (Wildman–Crippen MR) is 84.3 cm³/mol. The monoisotopic (exact) mass is 290 g/mol. The summed E-state index contributed by atoms with van der Waals surface area (Å²) in [6, 6.07) is 9.43. The van der Waals surface area contributed by atoms with E-state index >= 15 is 0 Å². The summed E-state index contributed by atoms with van der Waals surface area (Å²) in [4.78, 5) is 11.5. The van der Waals surface area contributed by atoms with Crippen LogP contribution in [0.4, 0.5) is 0 Å². The number of hydrogen-bond acceptors (Lipinski definition) is 3. The van der Waals surface area contributed by atoms with E-state index in [4.69, 9.17) is 0 Å². The quantitative estimate of drug-likeness (QED) is 0.754. The molecule has 3 unspecified atom stereocenters. The number of benzene rings is 1. The molecule has 0 radical (unpaired) electrons. The van der Waals surface area contributed by atoms with Gasteiger partial charge in [-0.1, -0.05) is 43.2 Å². The van der Waals surface area contributed by atoms with Crippen LogP contribution in [-0.4, -0.2) is 29.7 Å². The van der Waals surface area contributed by atoms with Crippen LogP contribution in [-0.2, 0) is 4.79 Å². The lowest BCUT2D eigenvalue weighted by atomic mass is 10.0. The smallest absolute Gasteiger partial charge is 0.325 e. The molecule has 1 aliphatic heterocycles. The van der Waals surface area contributed by atoms with Crippen molar-refractivity contribution < 1.29 is 9.90 Å². The van der Waals surface area contributed by atoms with Crippen molar-refractivity contribution in [3.8, 4) is 0 Å². The molecule has 1 saturated heterocycles. The molecule has 0 spiro atoms. The Kier molecular flexibility index (Phi) is 6.21. The minimum Gasteiger partial charge on any atom is -0.480 e. The van der Waals surface area contributed by atoms with Crippen molar-refractivity contribution in [3.05, 3.63) is 35.9 Å². The van der Waals surface area contributed by atoms with E-state index in [-0.39, 0.29) is 6.04 Å². The standard InChI is InChI=1S/C17H26N2O2/c1-13(12-15-10-6-3-7-11-18-15)19-16(17(20)21)14-8-4-2-5-9-14/h2,4-5,8-9,13,15-16,18-19H,3,6-7,10-12H2,1H3,(H,20,21). The van der Waals surface area contributed by atoms with Gasteiger partial charge >= 0.3 is 5.97 Å². The topological polar surface area (TPSA) is 61.4 Å². The minimum absolute atomic E-state index is 0.168. The predicted octanol–water partition coefficient (Wildman–Crippen LogP) is 2.71. The number of aliphatic carboxylic acids is 1. The molecule has 4 heteroatoms. The summed E-state index contributed by atoms with van der Waals surface area (Å²) in [6.45, 7) is 3.16. The molecule has 0 aromatic heterocycles. The van der Waals surface area contributed by atoms with Crippen molar-refractivity contribution in [2.75, 3.05) is 6.54 Å². The lowest BCUT2D eigenvalue weighted by molar-refractivity contribution is -0.139. The number of carboxylic acid groups (broad SMARTS) is 1. The molecule has 0 saturated carbocycles.